The number of carbonyl (C=O) groups excluding carboxylic acids is 2. The van der Waals surface area contributed by atoms with Gasteiger partial charge in [0.05, 0.1) is 16.5 Å². The van der Waals surface area contributed by atoms with Gasteiger partial charge in [0.2, 0.25) is 15.9 Å². The fourth-order valence-corrected chi connectivity index (χ4v) is 4.53. The van der Waals surface area contributed by atoms with Gasteiger partial charge in [-0.05, 0) is 38.1 Å². The maximum absolute atomic E-state index is 12.7. The molecule has 1 aromatic carbocycles. The number of nitrogens with one attached hydrogen (secondary N) is 1. The van der Waals surface area contributed by atoms with E-state index in [0.717, 1.165) is 0 Å². The van der Waals surface area contributed by atoms with Crippen LogP contribution in [0.3, 0.4) is 0 Å². The highest BCUT2D eigenvalue weighted by atomic mass is 32.2. The zero-order chi connectivity index (χ0) is 21.4. The Bertz CT molecular complexity index is 852. The Morgan fingerprint density at radius 3 is 2.21 bits per heavy atom. The van der Waals surface area contributed by atoms with Gasteiger partial charge in [0, 0.05) is 52.2 Å². The largest absolute Gasteiger partial charge is 0.343 e. The van der Waals surface area contributed by atoms with Gasteiger partial charge in [-0.3, -0.25) is 4.79 Å². The van der Waals surface area contributed by atoms with E-state index in [1.165, 1.54) is 28.6 Å². The van der Waals surface area contributed by atoms with E-state index in [1.807, 2.05) is 19.9 Å². The van der Waals surface area contributed by atoms with Crippen LogP contribution < -0.4 is 5.32 Å². The lowest BCUT2D eigenvalue weighted by Crippen LogP contribution is -2.53. The Balaban J connectivity index is 1.84. The second kappa shape index (κ2) is 10.2. The van der Waals surface area contributed by atoms with Gasteiger partial charge in [-0.15, -0.1) is 0 Å². The molecule has 1 aliphatic heterocycles. The number of nitriles is 1. The minimum Gasteiger partial charge on any atom is -0.343 e. The number of urea groups is 1. The van der Waals surface area contributed by atoms with Gasteiger partial charge < -0.3 is 15.1 Å². The summed E-state index contributed by atoms with van der Waals surface area (Å²) in [6.45, 7) is 6.26. The number of hydrogen-bond donors (Lipinski definition) is 1. The van der Waals surface area contributed by atoms with E-state index in [-0.39, 0.29) is 56.0 Å². The van der Waals surface area contributed by atoms with Crippen molar-refractivity contribution in [1.29, 1.82) is 5.26 Å². The van der Waals surface area contributed by atoms with Crippen molar-refractivity contribution in [2.45, 2.75) is 25.2 Å². The molecule has 158 valence electrons. The number of piperazine rings is 1. The fraction of sp³-hybridized carbons (Fsp3) is 0.526. The first-order valence-corrected chi connectivity index (χ1v) is 11.1. The summed E-state index contributed by atoms with van der Waals surface area (Å²) in [4.78, 5) is 27.6. The first kappa shape index (κ1) is 22.6. The smallest absolute Gasteiger partial charge is 0.317 e. The molecule has 0 atom stereocenters. The van der Waals surface area contributed by atoms with Crippen molar-refractivity contribution >= 4 is 22.0 Å². The molecule has 0 spiro atoms. The van der Waals surface area contributed by atoms with E-state index in [1.54, 1.807) is 9.80 Å². The van der Waals surface area contributed by atoms with Crippen molar-refractivity contribution in [3.8, 4) is 6.07 Å². The molecule has 1 saturated heterocycles. The fourth-order valence-electron chi connectivity index (χ4n) is 3.10. The third kappa shape index (κ3) is 5.68. The Morgan fingerprint density at radius 1 is 1.10 bits per heavy atom. The van der Waals surface area contributed by atoms with Crippen LogP contribution >= 0.6 is 0 Å². The summed E-state index contributed by atoms with van der Waals surface area (Å²) >= 11 is 0. The average molecular weight is 422 g/mol. The molecular weight excluding hydrogens is 394 g/mol. The van der Waals surface area contributed by atoms with Crippen LogP contribution in [0.5, 0.6) is 0 Å². The van der Waals surface area contributed by atoms with Crippen LogP contribution in [0.4, 0.5) is 4.79 Å². The summed E-state index contributed by atoms with van der Waals surface area (Å²) in [5.74, 6) is -0.00590. The first-order valence-electron chi connectivity index (χ1n) is 9.64. The molecule has 29 heavy (non-hydrogen) atoms. The highest BCUT2D eigenvalue weighted by Gasteiger charge is 2.30. The topological polar surface area (TPSA) is 114 Å². The molecule has 0 saturated carbocycles. The zero-order valence-corrected chi connectivity index (χ0v) is 17.6. The number of rotatable bonds is 7. The quantitative estimate of drug-likeness (QED) is 0.701. The van der Waals surface area contributed by atoms with E-state index >= 15 is 0 Å². The van der Waals surface area contributed by atoms with Crippen molar-refractivity contribution in [2.24, 2.45) is 0 Å². The van der Waals surface area contributed by atoms with Crippen LogP contribution in [-0.2, 0) is 14.8 Å². The van der Waals surface area contributed by atoms with E-state index in [2.05, 4.69) is 5.32 Å². The van der Waals surface area contributed by atoms with Crippen LogP contribution in [0, 0.1) is 11.3 Å². The van der Waals surface area contributed by atoms with E-state index in [0.29, 0.717) is 18.7 Å². The molecule has 2 rings (SSSR count). The number of carbonyl (C=O) groups is 2. The van der Waals surface area contributed by atoms with Crippen molar-refractivity contribution in [2.75, 3.05) is 45.8 Å². The van der Waals surface area contributed by atoms with Gasteiger partial charge in [0.15, 0.2) is 0 Å². The molecule has 1 heterocycles. The van der Waals surface area contributed by atoms with Gasteiger partial charge >= 0.3 is 6.03 Å². The van der Waals surface area contributed by atoms with Crippen LogP contribution in [-0.4, -0.2) is 80.3 Å². The minimum atomic E-state index is -3.66. The molecule has 9 nitrogen and oxygen atoms in total. The van der Waals surface area contributed by atoms with Crippen molar-refractivity contribution in [1.82, 2.24) is 19.4 Å². The maximum Gasteiger partial charge on any atom is 0.317 e. The first-order chi connectivity index (χ1) is 13.8. The summed E-state index contributed by atoms with van der Waals surface area (Å²) < 4.78 is 26.8. The normalized spacial score (nSPS) is 14.9. The average Bonchev–Trinajstić information content (AvgIpc) is 2.74. The number of amides is 3. The minimum absolute atomic E-state index is 0.00590. The van der Waals surface area contributed by atoms with E-state index in [4.69, 9.17) is 5.26 Å². The SMILES string of the molecule is CCN(CC)C(=O)CCNC(=O)N1CCN(S(=O)(=O)c2ccc(C#N)cc2)CC1. The Morgan fingerprint density at radius 2 is 1.69 bits per heavy atom. The van der Waals surface area contributed by atoms with Gasteiger partial charge in [-0.25, -0.2) is 13.2 Å². The molecule has 1 N–H and O–H groups in total. The van der Waals surface area contributed by atoms with Crippen LogP contribution in [0.2, 0.25) is 0 Å². The van der Waals surface area contributed by atoms with E-state index in [9.17, 15) is 18.0 Å². The molecule has 1 fully saturated rings. The zero-order valence-electron chi connectivity index (χ0n) is 16.8. The number of sulfonamides is 1. The van der Waals surface area contributed by atoms with Crippen LogP contribution in [0.25, 0.3) is 0 Å². The summed E-state index contributed by atoms with van der Waals surface area (Å²) in [6.07, 6.45) is 0.237. The number of benzene rings is 1. The van der Waals surface area contributed by atoms with Gasteiger partial charge in [0.1, 0.15) is 0 Å². The molecule has 1 aromatic rings. The summed E-state index contributed by atoms with van der Waals surface area (Å²) in [5, 5.41) is 11.6. The molecule has 3 amide bonds. The van der Waals surface area contributed by atoms with Crippen LogP contribution in [0.1, 0.15) is 25.8 Å². The van der Waals surface area contributed by atoms with Gasteiger partial charge in [-0.2, -0.15) is 9.57 Å². The lowest BCUT2D eigenvalue weighted by Gasteiger charge is -2.34. The molecule has 10 heteroatoms. The van der Waals surface area contributed by atoms with Crippen molar-refractivity contribution < 1.29 is 18.0 Å². The molecule has 0 bridgehead atoms. The van der Waals surface area contributed by atoms with E-state index < -0.39 is 10.0 Å². The second-order valence-corrected chi connectivity index (χ2v) is 8.51. The number of hydrogen-bond acceptors (Lipinski definition) is 5. The highest BCUT2D eigenvalue weighted by Crippen LogP contribution is 2.18. The lowest BCUT2D eigenvalue weighted by atomic mass is 10.2. The molecular formula is C19H27N5O4S. The Labute approximate surface area is 171 Å². The monoisotopic (exact) mass is 421 g/mol. The molecule has 0 aliphatic carbocycles. The van der Waals surface area contributed by atoms with Gasteiger partial charge in [-0.1, -0.05) is 0 Å². The lowest BCUT2D eigenvalue weighted by molar-refractivity contribution is -0.130. The summed E-state index contributed by atoms with van der Waals surface area (Å²) in [5.41, 5.74) is 0.393. The van der Waals surface area contributed by atoms with Crippen molar-refractivity contribution in [3.05, 3.63) is 29.8 Å². The van der Waals surface area contributed by atoms with Crippen LogP contribution in [0.15, 0.2) is 29.2 Å². The third-order valence-electron chi connectivity index (χ3n) is 4.88. The molecule has 0 aromatic heterocycles. The highest BCUT2D eigenvalue weighted by molar-refractivity contribution is 7.89. The Kier molecular flexibility index (Phi) is 7.99. The maximum atomic E-state index is 12.7. The third-order valence-corrected chi connectivity index (χ3v) is 6.79. The predicted octanol–water partition coefficient (Wildman–Crippen LogP) is 0.833. The summed E-state index contributed by atoms with van der Waals surface area (Å²) in [6, 6.07) is 7.43. The predicted molar refractivity (Wildman–Crippen MR) is 107 cm³/mol. The molecule has 0 unspecified atom stereocenters. The second-order valence-electron chi connectivity index (χ2n) is 6.58. The Hall–Kier alpha value is -2.64. The standard InChI is InChI=1S/C19H27N5O4S/c1-3-22(4-2)18(25)9-10-21-19(26)23-11-13-24(14-12-23)29(27,28)17-7-5-16(15-20)6-8-17/h5-8H,3-4,9-14H2,1-2H3,(H,21,26). The molecule has 0 radical (unpaired) electrons. The number of nitrogens with zero attached hydrogens (tertiary/aromatic N) is 4. The summed E-state index contributed by atoms with van der Waals surface area (Å²) in [7, 11) is -3.66. The van der Waals surface area contributed by atoms with Gasteiger partial charge in [0.25, 0.3) is 0 Å². The van der Waals surface area contributed by atoms with Crippen molar-refractivity contribution in [3.63, 3.8) is 0 Å². The molecule has 1 aliphatic rings.